The van der Waals surface area contributed by atoms with Crippen LogP contribution in [0.15, 0.2) is 0 Å². The first-order chi connectivity index (χ1) is 6.81. The molecule has 1 amide bonds. The maximum absolute atomic E-state index is 11.5. The zero-order chi connectivity index (χ0) is 9.97. The fraction of sp³-hybridized carbons (Fsp3) is 0.900. The van der Waals surface area contributed by atoms with E-state index >= 15 is 0 Å². The molecular weight excluding hydrogens is 180 g/mol. The number of hydrogen-bond acceptors (Lipinski definition) is 3. The Morgan fingerprint density at radius 3 is 3.14 bits per heavy atom. The van der Waals surface area contributed by atoms with Gasteiger partial charge in [0.15, 0.2) is 0 Å². The van der Waals surface area contributed by atoms with E-state index in [0.717, 1.165) is 19.6 Å². The highest BCUT2D eigenvalue weighted by molar-refractivity contribution is 5.68. The van der Waals surface area contributed by atoms with E-state index in [9.17, 15) is 4.79 Å². The third-order valence-electron chi connectivity index (χ3n) is 3.13. The van der Waals surface area contributed by atoms with Gasteiger partial charge in [-0.2, -0.15) is 0 Å². The summed E-state index contributed by atoms with van der Waals surface area (Å²) in [4.78, 5) is 13.3. The van der Waals surface area contributed by atoms with E-state index in [0.29, 0.717) is 18.6 Å². The van der Waals surface area contributed by atoms with Crippen LogP contribution in [-0.4, -0.2) is 43.3 Å². The summed E-state index contributed by atoms with van der Waals surface area (Å²) in [6, 6.07) is 0.508. The lowest BCUT2D eigenvalue weighted by Crippen LogP contribution is -2.41. The molecule has 0 aliphatic carbocycles. The van der Waals surface area contributed by atoms with Gasteiger partial charge < -0.3 is 15.0 Å². The van der Waals surface area contributed by atoms with E-state index in [1.165, 1.54) is 12.8 Å². The second kappa shape index (κ2) is 4.17. The molecule has 4 nitrogen and oxygen atoms in total. The SMILES string of the molecule is CCOC(=O)N1CC2CCCNC2C1. The fourth-order valence-electron chi connectivity index (χ4n) is 2.41. The number of carbonyl (C=O) groups excluding carboxylic acids is 1. The van der Waals surface area contributed by atoms with Crippen LogP contribution in [0, 0.1) is 5.92 Å². The Kier molecular flexibility index (Phi) is 2.91. The standard InChI is InChI=1S/C10H18N2O2/c1-2-14-10(13)12-6-8-4-3-5-11-9(8)7-12/h8-9,11H,2-7H2,1H3. The van der Waals surface area contributed by atoms with Crippen LogP contribution >= 0.6 is 0 Å². The molecule has 2 aliphatic heterocycles. The number of nitrogens with one attached hydrogen (secondary N) is 1. The van der Waals surface area contributed by atoms with Crippen LogP contribution in [0.5, 0.6) is 0 Å². The summed E-state index contributed by atoms with van der Waals surface area (Å²) in [5.74, 6) is 0.646. The lowest BCUT2D eigenvalue weighted by atomic mass is 9.94. The van der Waals surface area contributed by atoms with Crippen molar-refractivity contribution >= 4 is 6.09 Å². The highest BCUT2D eigenvalue weighted by atomic mass is 16.6. The van der Waals surface area contributed by atoms with Crippen molar-refractivity contribution in [1.29, 1.82) is 0 Å². The van der Waals surface area contributed by atoms with Crippen molar-refractivity contribution in [2.24, 2.45) is 5.92 Å². The molecule has 2 aliphatic rings. The number of fused-ring (bicyclic) bond motifs is 1. The van der Waals surface area contributed by atoms with E-state index in [1.54, 1.807) is 0 Å². The van der Waals surface area contributed by atoms with E-state index in [-0.39, 0.29) is 6.09 Å². The number of piperidine rings is 1. The molecule has 2 heterocycles. The molecule has 14 heavy (non-hydrogen) atoms. The minimum atomic E-state index is -0.149. The van der Waals surface area contributed by atoms with Gasteiger partial charge in [-0.3, -0.25) is 0 Å². The van der Waals surface area contributed by atoms with Gasteiger partial charge in [0.05, 0.1) is 6.61 Å². The largest absolute Gasteiger partial charge is 0.450 e. The zero-order valence-corrected chi connectivity index (χ0v) is 8.66. The van der Waals surface area contributed by atoms with Crippen LogP contribution in [0.3, 0.4) is 0 Å². The summed E-state index contributed by atoms with van der Waals surface area (Å²) in [7, 11) is 0. The van der Waals surface area contributed by atoms with Crippen LogP contribution in [0.25, 0.3) is 0 Å². The first-order valence-electron chi connectivity index (χ1n) is 5.46. The Bertz CT molecular complexity index is 206. The monoisotopic (exact) mass is 198 g/mol. The first kappa shape index (κ1) is 9.77. The van der Waals surface area contributed by atoms with Crippen molar-refractivity contribution < 1.29 is 9.53 Å². The van der Waals surface area contributed by atoms with Gasteiger partial charge in [0.2, 0.25) is 0 Å². The van der Waals surface area contributed by atoms with Crippen LogP contribution in [0.1, 0.15) is 19.8 Å². The molecule has 80 valence electrons. The summed E-state index contributed by atoms with van der Waals surface area (Å²) in [6.07, 6.45) is 2.33. The topological polar surface area (TPSA) is 41.6 Å². The maximum Gasteiger partial charge on any atom is 0.409 e. The molecule has 0 aromatic heterocycles. The zero-order valence-electron chi connectivity index (χ0n) is 8.66. The molecule has 2 unspecified atom stereocenters. The smallest absolute Gasteiger partial charge is 0.409 e. The quantitative estimate of drug-likeness (QED) is 0.678. The van der Waals surface area contributed by atoms with Crippen molar-refractivity contribution in [3.8, 4) is 0 Å². The highest BCUT2D eigenvalue weighted by Gasteiger charge is 2.36. The average molecular weight is 198 g/mol. The van der Waals surface area contributed by atoms with E-state index in [4.69, 9.17) is 4.74 Å². The number of nitrogens with zero attached hydrogens (tertiary/aromatic N) is 1. The predicted octanol–water partition coefficient (Wildman–Crippen LogP) is 0.827. The summed E-state index contributed by atoms with van der Waals surface area (Å²) in [6.45, 7) is 5.11. The minimum Gasteiger partial charge on any atom is -0.450 e. The number of likely N-dealkylation sites (tertiary alicyclic amines) is 1. The molecule has 0 aromatic rings. The van der Waals surface area contributed by atoms with Gasteiger partial charge in [-0.1, -0.05) is 0 Å². The number of rotatable bonds is 1. The van der Waals surface area contributed by atoms with Crippen molar-refractivity contribution in [2.75, 3.05) is 26.2 Å². The lowest BCUT2D eigenvalue weighted by molar-refractivity contribution is 0.114. The van der Waals surface area contributed by atoms with Crippen molar-refractivity contribution in [3.05, 3.63) is 0 Å². The van der Waals surface area contributed by atoms with Gasteiger partial charge in [-0.05, 0) is 32.2 Å². The summed E-state index contributed by atoms with van der Waals surface area (Å²) >= 11 is 0. The van der Waals surface area contributed by atoms with Gasteiger partial charge in [-0.25, -0.2) is 4.79 Å². The van der Waals surface area contributed by atoms with Crippen LogP contribution < -0.4 is 5.32 Å². The Hall–Kier alpha value is -0.770. The fourth-order valence-corrected chi connectivity index (χ4v) is 2.41. The molecular formula is C10H18N2O2. The second-order valence-electron chi connectivity index (χ2n) is 4.07. The molecule has 0 radical (unpaired) electrons. The van der Waals surface area contributed by atoms with Crippen molar-refractivity contribution in [3.63, 3.8) is 0 Å². The van der Waals surface area contributed by atoms with Gasteiger partial charge in [0.1, 0.15) is 0 Å². The number of hydrogen-bond donors (Lipinski definition) is 1. The van der Waals surface area contributed by atoms with Crippen molar-refractivity contribution in [1.82, 2.24) is 10.2 Å². The molecule has 0 saturated carbocycles. The van der Waals surface area contributed by atoms with Gasteiger partial charge in [-0.15, -0.1) is 0 Å². The summed E-state index contributed by atoms with van der Waals surface area (Å²) < 4.78 is 4.99. The molecule has 0 aromatic carbocycles. The number of amides is 1. The summed E-state index contributed by atoms with van der Waals surface area (Å²) in [5, 5.41) is 3.46. The van der Waals surface area contributed by atoms with Crippen LogP contribution in [0.2, 0.25) is 0 Å². The van der Waals surface area contributed by atoms with E-state index in [1.807, 2.05) is 11.8 Å². The Balaban J connectivity index is 1.89. The number of ether oxygens (including phenoxy) is 1. The molecule has 2 saturated heterocycles. The van der Waals surface area contributed by atoms with E-state index in [2.05, 4.69) is 5.32 Å². The highest BCUT2D eigenvalue weighted by Crippen LogP contribution is 2.25. The third kappa shape index (κ3) is 1.85. The van der Waals surface area contributed by atoms with Crippen LogP contribution in [0.4, 0.5) is 4.79 Å². The molecule has 2 rings (SSSR count). The molecule has 1 N–H and O–H groups in total. The minimum absolute atomic E-state index is 0.149. The number of carbonyl (C=O) groups is 1. The maximum atomic E-state index is 11.5. The normalized spacial score (nSPS) is 31.4. The van der Waals surface area contributed by atoms with Gasteiger partial charge in [0, 0.05) is 19.1 Å². The summed E-state index contributed by atoms with van der Waals surface area (Å²) in [5.41, 5.74) is 0. The molecule has 2 fully saturated rings. The predicted molar refractivity (Wildman–Crippen MR) is 53.1 cm³/mol. The third-order valence-corrected chi connectivity index (χ3v) is 3.13. The lowest BCUT2D eigenvalue weighted by Gasteiger charge is -2.24. The van der Waals surface area contributed by atoms with Gasteiger partial charge >= 0.3 is 6.09 Å². The van der Waals surface area contributed by atoms with Crippen LogP contribution in [-0.2, 0) is 4.74 Å². The molecule has 0 bridgehead atoms. The molecule has 4 heteroatoms. The molecule has 2 atom stereocenters. The Morgan fingerprint density at radius 2 is 2.43 bits per heavy atom. The molecule has 0 spiro atoms. The van der Waals surface area contributed by atoms with E-state index < -0.39 is 0 Å². The van der Waals surface area contributed by atoms with Crippen molar-refractivity contribution in [2.45, 2.75) is 25.8 Å². The average Bonchev–Trinajstić information content (AvgIpc) is 2.61. The Labute approximate surface area is 84.6 Å². The Morgan fingerprint density at radius 1 is 1.57 bits per heavy atom. The van der Waals surface area contributed by atoms with Gasteiger partial charge in [0.25, 0.3) is 0 Å². The second-order valence-corrected chi connectivity index (χ2v) is 4.07. The first-order valence-corrected chi connectivity index (χ1v) is 5.46.